The lowest BCUT2D eigenvalue weighted by atomic mass is 9.95. The van der Waals surface area contributed by atoms with Crippen LogP contribution >= 0.6 is 15.9 Å². The lowest BCUT2D eigenvalue weighted by Crippen LogP contribution is -2.53. The molecule has 36 heavy (non-hydrogen) atoms. The Morgan fingerprint density at radius 2 is 1.72 bits per heavy atom. The molecule has 0 radical (unpaired) electrons. The number of nitrogens with zero attached hydrogens (tertiary/aromatic N) is 1. The Labute approximate surface area is 222 Å². The van der Waals surface area contributed by atoms with Gasteiger partial charge in [-0.3, -0.25) is 9.59 Å². The van der Waals surface area contributed by atoms with E-state index in [1.807, 2.05) is 73.7 Å². The van der Waals surface area contributed by atoms with E-state index in [4.69, 9.17) is 4.74 Å². The molecule has 1 fully saturated rings. The fraction of sp³-hybridized carbons (Fsp3) is 0.400. The first-order chi connectivity index (χ1) is 17.6. The van der Waals surface area contributed by atoms with Crippen molar-refractivity contribution in [2.75, 3.05) is 13.2 Å². The van der Waals surface area contributed by atoms with Crippen molar-refractivity contribution in [2.45, 2.75) is 64.0 Å². The van der Waals surface area contributed by atoms with Crippen LogP contribution in [0.5, 0.6) is 5.75 Å². The van der Waals surface area contributed by atoms with Crippen molar-refractivity contribution in [1.82, 2.24) is 10.2 Å². The summed E-state index contributed by atoms with van der Waals surface area (Å²) in [4.78, 5) is 28.5. The predicted molar refractivity (Wildman–Crippen MR) is 148 cm³/mol. The lowest BCUT2D eigenvalue weighted by molar-refractivity contribution is -0.142. The summed E-state index contributed by atoms with van der Waals surface area (Å²) in [7, 11) is 0. The van der Waals surface area contributed by atoms with Crippen molar-refractivity contribution in [2.24, 2.45) is 0 Å². The first-order valence-electron chi connectivity index (χ1n) is 13.0. The number of nitrogens with one attached hydrogen (secondary N) is 1. The van der Waals surface area contributed by atoms with E-state index in [2.05, 4.69) is 21.2 Å². The molecule has 2 amide bonds. The maximum atomic E-state index is 13.5. The number of benzene rings is 3. The molecule has 0 bridgehead atoms. The smallest absolute Gasteiger partial charge is 0.261 e. The standard InChI is InChI=1S/C30H35BrN2O3/c1-2-26(30(35)32-24-14-7-4-8-15-24)33(20-19-22-11-5-3-6-12-22)28(34)21-36-27-18-17-23-13-9-10-16-25(23)29(27)31/h3,5-6,9-13,16-18,24,26H,2,4,7-8,14-15,19-21H2,1H3,(H,32,35). The van der Waals surface area contributed by atoms with Crippen molar-refractivity contribution in [3.05, 3.63) is 76.8 Å². The normalized spacial score (nSPS) is 14.8. The van der Waals surface area contributed by atoms with Gasteiger partial charge in [0.25, 0.3) is 5.91 Å². The zero-order valence-electron chi connectivity index (χ0n) is 20.9. The highest BCUT2D eigenvalue weighted by molar-refractivity contribution is 9.10. The maximum Gasteiger partial charge on any atom is 0.261 e. The van der Waals surface area contributed by atoms with Crippen LogP contribution in [-0.4, -0.2) is 41.9 Å². The molecule has 0 aliphatic heterocycles. The molecule has 190 valence electrons. The van der Waals surface area contributed by atoms with Gasteiger partial charge in [0.05, 0.1) is 4.47 Å². The summed E-state index contributed by atoms with van der Waals surface area (Å²) in [5, 5.41) is 5.35. The Morgan fingerprint density at radius 3 is 2.47 bits per heavy atom. The van der Waals surface area contributed by atoms with Crippen molar-refractivity contribution in [1.29, 1.82) is 0 Å². The van der Waals surface area contributed by atoms with E-state index in [1.54, 1.807) is 4.90 Å². The third-order valence-electron chi connectivity index (χ3n) is 7.00. The van der Waals surface area contributed by atoms with Crippen LogP contribution in [0, 0.1) is 0 Å². The third kappa shape index (κ3) is 6.67. The molecule has 6 heteroatoms. The number of hydrogen-bond acceptors (Lipinski definition) is 3. The average molecular weight is 552 g/mol. The van der Waals surface area contributed by atoms with Crippen LogP contribution in [0.15, 0.2) is 71.2 Å². The third-order valence-corrected chi connectivity index (χ3v) is 7.82. The molecule has 1 saturated carbocycles. The number of halogens is 1. The highest BCUT2D eigenvalue weighted by atomic mass is 79.9. The Morgan fingerprint density at radius 1 is 1.00 bits per heavy atom. The van der Waals surface area contributed by atoms with Crippen molar-refractivity contribution >= 4 is 38.5 Å². The van der Waals surface area contributed by atoms with Crippen molar-refractivity contribution in [3.63, 3.8) is 0 Å². The second-order valence-corrected chi connectivity index (χ2v) is 10.3. The SMILES string of the molecule is CCC(C(=O)NC1CCCCC1)N(CCc1ccccc1)C(=O)COc1ccc2ccccc2c1Br. The minimum Gasteiger partial charge on any atom is -0.483 e. The zero-order valence-corrected chi connectivity index (χ0v) is 22.5. The van der Waals surface area contributed by atoms with Crippen LogP contribution in [0.1, 0.15) is 51.0 Å². The van der Waals surface area contributed by atoms with Gasteiger partial charge < -0.3 is 15.0 Å². The monoisotopic (exact) mass is 550 g/mol. The summed E-state index contributed by atoms with van der Waals surface area (Å²) in [5.41, 5.74) is 1.14. The minimum absolute atomic E-state index is 0.0577. The molecule has 1 atom stereocenters. The molecule has 1 aliphatic carbocycles. The van der Waals surface area contributed by atoms with E-state index in [0.29, 0.717) is 25.1 Å². The molecule has 3 aromatic rings. The molecule has 1 unspecified atom stereocenters. The molecular formula is C30H35BrN2O3. The van der Waals surface area contributed by atoms with Crippen LogP contribution in [0.25, 0.3) is 10.8 Å². The summed E-state index contributed by atoms with van der Waals surface area (Å²) in [6.07, 6.45) is 6.78. The number of carbonyl (C=O) groups is 2. The van der Waals surface area contributed by atoms with Gasteiger partial charge in [0.2, 0.25) is 5.91 Å². The molecule has 0 spiro atoms. The maximum absolute atomic E-state index is 13.5. The molecule has 4 rings (SSSR count). The molecule has 1 aliphatic rings. The van der Waals surface area contributed by atoms with E-state index < -0.39 is 6.04 Å². The number of carbonyl (C=O) groups excluding carboxylic acids is 2. The molecule has 0 saturated heterocycles. The fourth-order valence-electron chi connectivity index (χ4n) is 4.99. The quantitative estimate of drug-likeness (QED) is 0.323. The van der Waals surface area contributed by atoms with E-state index in [0.717, 1.165) is 46.5 Å². The van der Waals surface area contributed by atoms with E-state index in [1.165, 1.54) is 6.42 Å². The zero-order chi connectivity index (χ0) is 25.3. The van der Waals surface area contributed by atoms with Crippen LogP contribution in [-0.2, 0) is 16.0 Å². The van der Waals surface area contributed by atoms with E-state index in [-0.39, 0.29) is 24.5 Å². The van der Waals surface area contributed by atoms with Gasteiger partial charge >= 0.3 is 0 Å². The van der Waals surface area contributed by atoms with Crippen LogP contribution in [0.3, 0.4) is 0 Å². The van der Waals surface area contributed by atoms with E-state index >= 15 is 0 Å². The Kier molecular flexibility index (Phi) is 9.40. The van der Waals surface area contributed by atoms with Gasteiger partial charge in [-0.1, -0.05) is 86.8 Å². The van der Waals surface area contributed by atoms with Crippen LogP contribution in [0.4, 0.5) is 0 Å². The van der Waals surface area contributed by atoms with Gasteiger partial charge in [-0.25, -0.2) is 0 Å². The number of fused-ring (bicyclic) bond motifs is 1. The summed E-state index contributed by atoms with van der Waals surface area (Å²) in [6, 6.07) is 21.6. The first-order valence-corrected chi connectivity index (χ1v) is 13.8. The topological polar surface area (TPSA) is 58.6 Å². The van der Waals surface area contributed by atoms with Gasteiger partial charge in [-0.2, -0.15) is 0 Å². The van der Waals surface area contributed by atoms with E-state index in [9.17, 15) is 9.59 Å². The molecular weight excluding hydrogens is 516 g/mol. The minimum atomic E-state index is -0.521. The fourth-order valence-corrected chi connectivity index (χ4v) is 5.60. The molecule has 3 aromatic carbocycles. The Hall–Kier alpha value is -2.86. The highest BCUT2D eigenvalue weighted by Gasteiger charge is 2.30. The lowest BCUT2D eigenvalue weighted by Gasteiger charge is -2.32. The number of ether oxygens (including phenoxy) is 1. The Balaban J connectivity index is 1.48. The summed E-state index contributed by atoms with van der Waals surface area (Å²) in [6.45, 7) is 2.30. The van der Waals surface area contributed by atoms with Gasteiger partial charge in [0.15, 0.2) is 6.61 Å². The second kappa shape index (κ2) is 12.9. The summed E-state index contributed by atoms with van der Waals surface area (Å²) < 4.78 is 6.82. The van der Waals surface area contributed by atoms with Gasteiger partial charge in [-0.05, 0) is 64.0 Å². The van der Waals surface area contributed by atoms with Crippen LogP contribution in [0.2, 0.25) is 0 Å². The summed E-state index contributed by atoms with van der Waals surface area (Å²) in [5.74, 6) is 0.374. The van der Waals surface area contributed by atoms with Crippen molar-refractivity contribution < 1.29 is 14.3 Å². The second-order valence-electron chi connectivity index (χ2n) is 9.48. The van der Waals surface area contributed by atoms with Crippen molar-refractivity contribution in [3.8, 4) is 5.75 Å². The number of rotatable bonds is 10. The predicted octanol–water partition coefficient (Wildman–Crippen LogP) is 6.28. The average Bonchev–Trinajstić information content (AvgIpc) is 2.91. The largest absolute Gasteiger partial charge is 0.483 e. The first kappa shape index (κ1) is 26.2. The Bertz CT molecular complexity index is 1160. The molecule has 1 N–H and O–H groups in total. The molecule has 0 aromatic heterocycles. The van der Waals surface area contributed by atoms with Gasteiger partial charge in [0, 0.05) is 12.6 Å². The summed E-state index contributed by atoms with van der Waals surface area (Å²) >= 11 is 3.64. The number of amides is 2. The molecule has 0 heterocycles. The van der Waals surface area contributed by atoms with Crippen LogP contribution < -0.4 is 10.1 Å². The number of hydrogen-bond donors (Lipinski definition) is 1. The van der Waals surface area contributed by atoms with Gasteiger partial charge in [0.1, 0.15) is 11.8 Å². The molecule has 5 nitrogen and oxygen atoms in total. The van der Waals surface area contributed by atoms with Gasteiger partial charge in [-0.15, -0.1) is 0 Å². The highest BCUT2D eigenvalue weighted by Crippen LogP contribution is 2.33.